The molecule has 2 aliphatic rings. The first-order chi connectivity index (χ1) is 11.6. The van der Waals surface area contributed by atoms with Crippen molar-refractivity contribution < 1.29 is 19.5 Å². The molecule has 1 fully saturated rings. The third kappa shape index (κ3) is 3.24. The summed E-state index contributed by atoms with van der Waals surface area (Å²) in [5.41, 5.74) is 2.85. The van der Waals surface area contributed by atoms with Crippen LogP contribution in [-0.4, -0.2) is 35.1 Å². The lowest BCUT2D eigenvalue weighted by molar-refractivity contribution is -0.138. The monoisotopic (exact) mass is 332 g/mol. The molecule has 1 aromatic carbocycles. The van der Waals surface area contributed by atoms with Crippen LogP contribution in [0.2, 0.25) is 0 Å². The van der Waals surface area contributed by atoms with E-state index in [2.05, 4.69) is 0 Å². The van der Waals surface area contributed by atoms with Gasteiger partial charge in [0.2, 0.25) is 5.91 Å². The Balaban J connectivity index is 1.83. The standard InChI is InChI=1S/C18H24N2O4/c1-12-15-8-7-14(17(21)19-23)11-16(15)24-10-9-20(12)18(22)13-5-3-2-4-6-13/h7-8,11-13,23H,2-6,9-10H2,1H3,(H,19,21). The summed E-state index contributed by atoms with van der Waals surface area (Å²) >= 11 is 0. The number of ether oxygens (including phenoxy) is 1. The first kappa shape index (κ1) is 16.8. The highest BCUT2D eigenvalue weighted by Crippen LogP contribution is 2.35. The number of hydrogen-bond acceptors (Lipinski definition) is 4. The van der Waals surface area contributed by atoms with E-state index in [-0.39, 0.29) is 17.9 Å². The average Bonchev–Trinajstić information content (AvgIpc) is 2.79. The van der Waals surface area contributed by atoms with Crippen molar-refractivity contribution >= 4 is 11.8 Å². The van der Waals surface area contributed by atoms with Gasteiger partial charge in [-0.05, 0) is 31.9 Å². The second-order valence-corrected chi connectivity index (χ2v) is 6.58. The molecule has 1 aliphatic carbocycles. The van der Waals surface area contributed by atoms with Crippen LogP contribution in [0.3, 0.4) is 0 Å². The molecule has 0 spiro atoms. The third-order valence-electron chi connectivity index (χ3n) is 5.12. The molecule has 6 heteroatoms. The van der Waals surface area contributed by atoms with Gasteiger partial charge in [-0.1, -0.05) is 25.3 Å². The number of carbonyl (C=O) groups is 2. The molecule has 1 aliphatic heterocycles. The van der Waals surface area contributed by atoms with Crippen molar-refractivity contribution in [3.05, 3.63) is 29.3 Å². The maximum Gasteiger partial charge on any atom is 0.274 e. The highest BCUT2D eigenvalue weighted by Gasteiger charge is 2.32. The minimum atomic E-state index is -0.576. The Morgan fingerprint density at radius 1 is 1.25 bits per heavy atom. The molecule has 1 atom stereocenters. The smallest absolute Gasteiger partial charge is 0.274 e. The van der Waals surface area contributed by atoms with Gasteiger partial charge in [0.15, 0.2) is 0 Å². The van der Waals surface area contributed by atoms with Crippen LogP contribution in [0.4, 0.5) is 0 Å². The van der Waals surface area contributed by atoms with Gasteiger partial charge in [-0.2, -0.15) is 0 Å². The van der Waals surface area contributed by atoms with Crippen molar-refractivity contribution in [3.63, 3.8) is 0 Å². The number of hydrogen-bond donors (Lipinski definition) is 2. The lowest BCUT2D eigenvalue weighted by atomic mass is 9.87. The third-order valence-corrected chi connectivity index (χ3v) is 5.12. The Morgan fingerprint density at radius 2 is 2.00 bits per heavy atom. The maximum atomic E-state index is 12.9. The minimum Gasteiger partial charge on any atom is -0.491 e. The fraction of sp³-hybridized carbons (Fsp3) is 0.556. The van der Waals surface area contributed by atoms with Crippen LogP contribution in [0.25, 0.3) is 0 Å². The Kier molecular flexibility index (Phi) is 5.04. The summed E-state index contributed by atoms with van der Waals surface area (Å²) in [4.78, 5) is 26.4. The van der Waals surface area contributed by atoms with Gasteiger partial charge in [0.1, 0.15) is 12.4 Å². The predicted octanol–water partition coefficient (Wildman–Crippen LogP) is 2.67. The quantitative estimate of drug-likeness (QED) is 0.645. The maximum absolute atomic E-state index is 12.9. The fourth-order valence-electron chi connectivity index (χ4n) is 3.71. The molecule has 0 radical (unpaired) electrons. The van der Waals surface area contributed by atoms with Crippen LogP contribution >= 0.6 is 0 Å². The second kappa shape index (κ2) is 7.21. The average molecular weight is 332 g/mol. The van der Waals surface area contributed by atoms with E-state index in [9.17, 15) is 9.59 Å². The van der Waals surface area contributed by atoms with Crippen molar-refractivity contribution in [3.8, 4) is 5.75 Å². The molecule has 0 bridgehead atoms. The van der Waals surface area contributed by atoms with Gasteiger partial charge in [0, 0.05) is 17.0 Å². The fourth-order valence-corrected chi connectivity index (χ4v) is 3.71. The Hall–Kier alpha value is -2.08. The van der Waals surface area contributed by atoms with Crippen LogP contribution < -0.4 is 10.2 Å². The molecule has 2 amide bonds. The zero-order valence-electron chi connectivity index (χ0n) is 14.0. The van der Waals surface area contributed by atoms with Gasteiger partial charge >= 0.3 is 0 Å². The molecule has 130 valence electrons. The van der Waals surface area contributed by atoms with Crippen molar-refractivity contribution in [2.24, 2.45) is 5.92 Å². The number of amides is 2. The molecule has 2 N–H and O–H groups in total. The summed E-state index contributed by atoms with van der Waals surface area (Å²) in [5, 5.41) is 8.77. The molecule has 24 heavy (non-hydrogen) atoms. The summed E-state index contributed by atoms with van der Waals surface area (Å²) in [6, 6.07) is 4.96. The Bertz CT molecular complexity index is 625. The van der Waals surface area contributed by atoms with E-state index < -0.39 is 5.91 Å². The van der Waals surface area contributed by atoms with Crippen LogP contribution in [0.1, 0.15) is 61.0 Å². The summed E-state index contributed by atoms with van der Waals surface area (Å²) in [6.07, 6.45) is 5.44. The van der Waals surface area contributed by atoms with Gasteiger partial charge < -0.3 is 9.64 Å². The predicted molar refractivity (Wildman–Crippen MR) is 87.9 cm³/mol. The zero-order chi connectivity index (χ0) is 17.1. The van der Waals surface area contributed by atoms with Gasteiger partial charge in [-0.3, -0.25) is 14.8 Å². The molecule has 1 unspecified atom stereocenters. The lowest BCUT2D eigenvalue weighted by Crippen LogP contribution is -2.39. The summed E-state index contributed by atoms with van der Waals surface area (Å²) in [7, 11) is 0. The van der Waals surface area contributed by atoms with E-state index in [1.54, 1.807) is 23.7 Å². The molecule has 1 aromatic rings. The number of nitrogens with zero attached hydrogens (tertiary/aromatic N) is 1. The molecular formula is C18H24N2O4. The summed E-state index contributed by atoms with van der Waals surface area (Å²) in [5.74, 6) is 0.369. The molecule has 6 nitrogen and oxygen atoms in total. The Labute approximate surface area is 141 Å². The first-order valence-electron chi connectivity index (χ1n) is 8.63. The number of nitrogens with one attached hydrogen (secondary N) is 1. The van der Waals surface area contributed by atoms with E-state index in [1.165, 1.54) is 6.42 Å². The largest absolute Gasteiger partial charge is 0.491 e. The molecule has 0 aromatic heterocycles. The minimum absolute atomic E-state index is 0.0943. The number of hydroxylamine groups is 1. The van der Waals surface area contributed by atoms with Crippen molar-refractivity contribution in [2.45, 2.75) is 45.1 Å². The van der Waals surface area contributed by atoms with Gasteiger partial charge in [-0.25, -0.2) is 5.48 Å². The molecule has 3 rings (SSSR count). The molecule has 0 saturated heterocycles. The number of carbonyl (C=O) groups excluding carboxylic acids is 2. The SMILES string of the molecule is CC1c2ccc(C(=O)NO)cc2OCCN1C(=O)C1CCCCC1. The van der Waals surface area contributed by atoms with Crippen LogP contribution in [0.15, 0.2) is 18.2 Å². The first-order valence-corrected chi connectivity index (χ1v) is 8.63. The zero-order valence-corrected chi connectivity index (χ0v) is 14.0. The number of fused-ring (bicyclic) bond motifs is 1. The second-order valence-electron chi connectivity index (χ2n) is 6.58. The highest BCUT2D eigenvalue weighted by atomic mass is 16.5. The number of benzene rings is 1. The van der Waals surface area contributed by atoms with E-state index in [1.807, 2.05) is 11.8 Å². The Morgan fingerprint density at radius 3 is 2.71 bits per heavy atom. The normalized spacial score (nSPS) is 21.4. The van der Waals surface area contributed by atoms with Gasteiger partial charge in [0.05, 0.1) is 12.6 Å². The van der Waals surface area contributed by atoms with Gasteiger partial charge in [-0.15, -0.1) is 0 Å². The molecular weight excluding hydrogens is 308 g/mol. The van der Waals surface area contributed by atoms with Crippen molar-refractivity contribution in [2.75, 3.05) is 13.2 Å². The van der Waals surface area contributed by atoms with E-state index in [0.717, 1.165) is 31.2 Å². The van der Waals surface area contributed by atoms with E-state index in [4.69, 9.17) is 9.94 Å². The number of rotatable bonds is 2. The molecule has 1 heterocycles. The van der Waals surface area contributed by atoms with Crippen molar-refractivity contribution in [1.29, 1.82) is 0 Å². The summed E-state index contributed by atoms with van der Waals surface area (Å²) < 4.78 is 5.77. The van der Waals surface area contributed by atoms with Crippen LogP contribution in [0.5, 0.6) is 5.75 Å². The summed E-state index contributed by atoms with van der Waals surface area (Å²) in [6.45, 7) is 2.95. The van der Waals surface area contributed by atoms with Gasteiger partial charge in [0.25, 0.3) is 5.91 Å². The van der Waals surface area contributed by atoms with Crippen molar-refractivity contribution in [1.82, 2.24) is 10.4 Å². The van der Waals surface area contributed by atoms with E-state index in [0.29, 0.717) is 24.5 Å². The topological polar surface area (TPSA) is 78.9 Å². The molecule has 1 saturated carbocycles. The highest BCUT2D eigenvalue weighted by molar-refractivity contribution is 5.94. The van der Waals surface area contributed by atoms with Crippen LogP contribution in [-0.2, 0) is 4.79 Å². The van der Waals surface area contributed by atoms with E-state index >= 15 is 0 Å². The lowest BCUT2D eigenvalue weighted by Gasteiger charge is -2.32. The van der Waals surface area contributed by atoms with Crippen LogP contribution in [0, 0.1) is 5.92 Å².